The molecular weight excluding hydrogens is 260 g/mol. The Labute approximate surface area is 116 Å². The standard InChI is InChI=1S/C15H14OS2/c1-3-7-13(8-4-1)11-15(16-18-17-15)12-14-9-5-2-6-10-14/h1-10H,11-12H2. The molecule has 18 heavy (non-hydrogen) atoms. The molecule has 3 rings (SSSR count). The third-order valence-electron chi connectivity index (χ3n) is 3.00. The van der Waals surface area contributed by atoms with E-state index >= 15 is 0 Å². The highest BCUT2D eigenvalue weighted by molar-refractivity contribution is 8.77. The Balaban J connectivity index is 1.75. The monoisotopic (exact) mass is 274 g/mol. The van der Waals surface area contributed by atoms with E-state index in [2.05, 4.69) is 60.7 Å². The van der Waals surface area contributed by atoms with Gasteiger partial charge in [0, 0.05) is 12.8 Å². The largest absolute Gasteiger partial charge is 0.286 e. The molecule has 3 heteroatoms. The lowest BCUT2D eigenvalue weighted by atomic mass is 10.0. The van der Waals surface area contributed by atoms with Gasteiger partial charge in [0.15, 0.2) is 0 Å². The summed E-state index contributed by atoms with van der Waals surface area (Å²) >= 11 is 1.50. The van der Waals surface area contributed by atoms with E-state index in [4.69, 9.17) is 4.18 Å². The van der Waals surface area contributed by atoms with Crippen molar-refractivity contribution < 1.29 is 4.18 Å². The molecule has 0 amide bonds. The van der Waals surface area contributed by atoms with Gasteiger partial charge in [0.2, 0.25) is 0 Å². The second kappa shape index (κ2) is 5.39. The topological polar surface area (TPSA) is 9.23 Å². The van der Waals surface area contributed by atoms with Crippen LogP contribution in [0.2, 0.25) is 0 Å². The first-order chi connectivity index (χ1) is 8.86. The predicted molar refractivity (Wildman–Crippen MR) is 79.3 cm³/mol. The average Bonchev–Trinajstić information content (AvgIpc) is 2.39. The molecule has 1 nitrogen and oxygen atoms in total. The zero-order chi connectivity index (χ0) is 12.3. The molecule has 1 fully saturated rings. The minimum Gasteiger partial charge on any atom is -0.286 e. The van der Waals surface area contributed by atoms with E-state index in [0.29, 0.717) is 0 Å². The van der Waals surface area contributed by atoms with E-state index in [-0.39, 0.29) is 4.93 Å². The molecule has 1 saturated heterocycles. The minimum absolute atomic E-state index is 0.0899. The van der Waals surface area contributed by atoms with E-state index in [0.717, 1.165) is 12.8 Å². The van der Waals surface area contributed by atoms with E-state index in [9.17, 15) is 0 Å². The quantitative estimate of drug-likeness (QED) is 0.600. The van der Waals surface area contributed by atoms with Crippen LogP contribution < -0.4 is 0 Å². The lowest BCUT2D eigenvalue weighted by molar-refractivity contribution is 0.193. The summed E-state index contributed by atoms with van der Waals surface area (Å²) in [6, 6.07) is 21.1. The van der Waals surface area contributed by atoms with Crippen molar-refractivity contribution >= 4 is 21.9 Å². The number of hydrogen-bond donors (Lipinski definition) is 0. The zero-order valence-corrected chi connectivity index (χ0v) is 11.5. The molecule has 0 unspecified atom stereocenters. The summed E-state index contributed by atoms with van der Waals surface area (Å²) in [4.78, 5) is -0.0899. The SMILES string of the molecule is c1ccc(CC2(Cc3ccccc3)OSS2)cc1. The maximum absolute atomic E-state index is 5.81. The van der Waals surface area contributed by atoms with Crippen LogP contribution in [0.5, 0.6) is 0 Å². The molecule has 0 bridgehead atoms. The fourth-order valence-electron chi connectivity index (χ4n) is 2.12. The van der Waals surface area contributed by atoms with E-state index in [1.165, 1.54) is 22.2 Å². The summed E-state index contributed by atoms with van der Waals surface area (Å²) in [5.74, 6) is 0. The second-order valence-corrected chi connectivity index (χ2v) is 6.59. The Bertz CT molecular complexity index is 451. The highest BCUT2D eigenvalue weighted by Crippen LogP contribution is 2.55. The maximum atomic E-state index is 5.81. The maximum Gasteiger partial charge on any atom is 0.149 e. The molecule has 0 aliphatic carbocycles. The first kappa shape index (κ1) is 12.2. The van der Waals surface area contributed by atoms with Crippen molar-refractivity contribution in [3.8, 4) is 0 Å². The van der Waals surface area contributed by atoms with E-state index in [1.54, 1.807) is 0 Å². The van der Waals surface area contributed by atoms with Crippen molar-refractivity contribution in [2.75, 3.05) is 0 Å². The first-order valence-corrected chi connectivity index (χ1v) is 8.05. The third kappa shape index (κ3) is 2.74. The van der Waals surface area contributed by atoms with E-state index in [1.807, 2.05) is 10.8 Å². The van der Waals surface area contributed by atoms with Gasteiger partial charge in [-0.15, -0.1) is 0 Å². The molecule has 2 aromatic carbocycles. The first-order valence-electron chi connectivity index (χ1n) is 5.98. The van der Waals surface area contributed by atoms with Crippen LogP contribution in [-0.4, -0.2) is 4.93 Å². The van der Waals surface area contributed by atoms with Gasteiger partial charge in [-0.3, -0.25) is 4.18 Å². The van der Waals surface area contributed by atoms with Gasteiger partial charge in [0.1, 0.15) is 4.93 Å². The number of rotatable bonds is 4. The van der Waals surface area contributed by atoms with Gasteiger partial charge in [-0.25, -0.2) is 0 Å². The van der Waals surface area contributed by atoms with Crippen LogP contribution >= 0.6 is 21.9 Å². The number of benzene rings is 2. The Morgan fingerprint density at radius 3 is 1.56 bits per heavy atom. The summed E-state index contributed by atoms with van der Waals surface area (Å²) in [7, 11) is 1.84. The van der Waals surface area contributed by atoms with E-state index < -0.39 is 0 Å². The second-order valence-electron chi connectivity index (χ2n) is 4.47. The van der Waals surface area contributed by atoms with Crippen LogP contribution in [0.1, 0.15) is 11.1 Å². The zero-order valence-electron chi connectivity index (χ0n) is 9.91. The average molecular weight is 274 g/mol. The Hall–Kier alpha value is -0.900. The van der Waals surface area contributed by atoms with Gasteiger partial charge in [-0.2, -0.15) is 0 Å². The molecule has 1 aliphatic heterocycles. The van der Waals surface area contributed by atoms with Gasteiger partial charge in [-0.1, -0.05) is 60.7 Å². The Morgan fingerprint density at radius 2 is 1.22 bits per heavy atom. The normalized spacial score (nSPS) is 17.1. The van der Waals surface area contributed by atoms with Gasteiger partial charge in [-0.05, 0) is 21.9 Å². The van der Waals surface area contributed by atoms with Crippen molar-refractivity contribution in [3.63, 3.8) is 0 Å². The lowest BCUT2D eigenvalue weighted by Gasteiger charge is -2.38. The molecule has 0 atom stereocenters. The number of hydrogen-bond acceptors (Lipinski definition) is 3. The summed E-state index contributed by atoms with van der Waals surface area (Å²) in [6.07, 6.45) is 1.92. The highest BCUT2D eigenvalue weighted by Gasteiger charge is 2.41. The van der Waals surface area contributed by atoms with Crippen LogP contribution in [0.4, 0.5) is 0 Å². The molecule has 1 heterocycles. The molecule has 0 N–H and O–H groups in total. The van der Waals surface area contributed by atoms with Crippen LogP contribution in [0.25, 0.3) is 0 Å². The minimum atomic E-state index is -0.0899. The van der Waals surface area contributed by atoms with Gasteiger partial charge in [0.05, 0.1) is 11.1 Å². The summed E-state index contributed by atoms with van der Waals surface area (Å²) in [6.45, 7) is 0. The summed E-state index contributed by atoms with van der Waals surface area (Å²) in [5.41, 5.74) is 2.67. The van der Waals surface area contributed by atoms with Crippen LogP contribution in [0.3, 0.4) is 0 Å². The fourth-order valence-corrected chi connectivity index (χ4v) is 4.09. The summed E-state index contributed by atoms with van der Waals surface area (Å²) < 4.78 is 5.81. The van der Waals surface area contributed by atoms with Crippen molar-refractivity contribution in [2.45, 2.75) is 17.8 Å². The lowest BCUT2D eigenvalue weighted by Crippen LogP contribution is -2.36. The third-order valence-corrected chi connectivity index (χ3v) is 5.56. The molecule has 92 valence electrons. The van der Waals surface area contributed by atoms with Crippen molar-refractivity contribution in [1.82, 2.24) is 0 Å². The van der Waals surface area contributed by atoms with Crippen LogP contribution in [0.15, 0.2) is 60.7 Å². The molecule has 1 aliphatic rings. The van der Waals surface area contributed by atoms with Crippen molar-refractivity contribution in [3.05, 3.63) is 71.8 Å². The van der Waals surface area contributed by atoms with Gasteiger partial charge in [0.25, 0.3) is 0 Å². The van der Waals surface area contributed by atoms with Gasteiger partial charge >= 0.3 is 0 Å². The molecule has 0 radical (unpaired) electrons. The molecule has 0 aromatic heterocycles. The van der Waals surface area contributed by atoms with Crippen LogP contribution in [-0.2, 0) is 17.0 Å². The molecular formula is C15H14OS2. The summed E-state index contributed by atoms with van der Waals surface area (Å²) in [5, 5.41) is 0. The predicted octanol–water partition coefficient (Wildman–Crippen LogP) is 4.49. The van der Waals surface area contributed by atoms with Gasteiger partial charge < -0.3 is 0 Å². The highest BCUT2D eigenvalue weighted by atomic mass is 33.1. The Kier molecular flexibility index (Phi) is 3.64. The Morgan fingerprint density at radius 1 is 0.778 bits per heavy atom. The smallest absolute Gasteiger partial charge is 0.149 e. The molecule has 2 aromatic rings. The molecule has 0 spiro atoms. The van der Waals surface area contributed by atoms with Crippen molar-refractivity contribution in [1.29, 1.82) is 0 Å². The fraction of sp³-hybridized carbons (Fsp3) is 0.200. The van der Waals surface area contributed by atoms with Crippen molar-refractivity contribution in [2.24, 2.45) is 0 Å². The van der Waals surface area contributed by atoms with Crippen LogP contribution in [0, 0.1) is 0 Å². The molecule has 0 saturated carbocycles.